The lowest BCUT2D eigenvalue weighted by atomic mass is 10.1. The summed E-state index contributed by atoms with van der Waals surface area (Å²) >= 11 is 0. The maximum atomic E-state index is 11.8. The molecular weight excluding hydrogens is 258 g/mol. The first-order valence-corrected chi connectivity index (χ1v) is 6.59. The molecule has 20 heavy (non-hydrogen) atoms. The quantitative estimate of drug-likeness (QED) is 0.512. The lowest BCUT2D eigenvalue weighted by Crippen LogP contribution is -2.37. The van der Waals surface area contributed by atoms with Gasteiger partial charge in [-0.3, -0.25) is 9.59 Å². The Morgan fingerprint density at radius 2 is 2.10 bits per heavy atom. The van der Waals surface area contributed by atoms with Crippen molar-refractivity contribution in [2.75, 3.05) is 12.3 Å². The number of hydrogen-bond donors (Lipinski definition) is 3. The number of carbonyl (C=O) groups is 2. The standard InChI is InChI=1S/C14H21N3O3/c1-3-4-7-17-14(19)9(2)20-12-8-10(15)5-6-11(12)13(16)18/h5-6,8-9H,3-4,7,15H2,1-2H3,(H2,16,18)(H,17,19). The van der Waals surface area contributed by atoms with Crippen molar-refractivity contribution in [3.8, 4) is 5.75 Å². The second kappa shape index (κ2) is 7.37. The van der Waals surface area contributed by atoms with E-state index in [1.54, 1.807) is 13.0 Å². The maximum Gasteiger partial charge on any atom is 0.260 e. The van der Waals surface area contributed by atoms with Gasteiger partial charge in [-0.1, -0.05) is 13.3 Å². The second-order valence-corrected chi connectivity index (χ2v) is 4.52. The number of anilines is 1. The van der Waals surface area contributed by atoms with E-state index < -0.39 is 12.0 Å². The average molecular weight is 279 g/mol. The van der Waals surface area contributed by atoms with Gasteiger partial charge in [0.05, 0.1) is 5.56 Å². The highest BCUT2D eigenvalue weighted by molar-refractivity contribution is 5.96. The van der Waals surface area contributed by atoms with Gasteiger partial charge in [-0.15, -0.1) is 0 Å². The number of carbonyl (C=O) groups excluding carboxylic acids is 2. The van der Waals surface area contributed by atoms with Crippen LogP contribution in [0.2, 0.25) is 0 Å². The van der Waals surface area contributed by atoms with Crippen molar-refractivity contribution in [2.24, 2.45) is 5.73 Å². The summed E-state index contributed by atoms with van der Waals surface area (Å²) in [5, 5.41) is 2.76. The number of rotatable bonds is 7. The summed E-state index contributed by atoms with van der Waals surface area (Å²) in [6.07, 6.45) is 1.17. The van der Waals surface area contributed by atoms with Gasteiger partial charge in [0.15, 0.2) is 6.10 Å². The molecule has 0 aliphatic rings. The predicted octanol–water partition coefficient (Wildman–Crippen LogP) is 1.05. The smallest absolute Gasteiger partial charge is 0.260 e. The van der Waals surface area contributed by atoms with Crippen molar-refractivity contribution in [2.45, 2.75) is 32.8 Å². The number of benzene rings is 1. The Labute approximate surface area is 118 Å². The molecule has 1 atom stereocenters. The monoisotopic (exact) mass is 279 g/mol. The highest BCUT2D eigenvalue weighted by Gasteiger charge is 2.17. The SMILES string of the molecule is CCCCNC(=O)C(C)Oc1cc(N)ccc1C(N)=O. The minimum atomic E-state index is -0.730. The average Bonchev–Trinajstić information content (AvgIpc) is 2.38. The van der Waals surface area contributed by atoms with Gasteiger partial charge in [0.2, 0.25) is 0 Å². The van der Waals surface area contributed by atoms with Gasteiger partial charge in [-0.25, -0.2) is 0 Å². The van der Waals surface area contributed by atoms with Crippen molar-refractivity contribution in [3.05, 3.63) is 23.8 Å². The number of primary amides is 1. The van der Waals surface area contributed by atoms with Crippen LogP contribution in [0, 0.1) is 0 Å². The Bertz CT molecular complexity index is 489. The first-order valence-electron chi connectivity index (χ1n) is 6.59. The fraction of sp³-hybridized carbons (Fsp3) is 0.429. The van der Waals surface area contributed by atoms with Crippen LogP contribution in [-0.4, -0.2) is 24.5 Å². The lowest BCUT2D eigenvalue weighted by molar-refractivity contribution is -0.127. The Morgan fingerprint density at radius 3 is 2.70 bits per heavy atom. The molecule has 0 aromatic heterocycles. The number of ether oxygens (including phenoxy) is 1. The van der Waals surface area contributed by atoms with Crippen LogP contribution >= 0.6 is 0 Å². The molecule has 1 rings (SSSR count). The number of nitrogen functional groups attached to an aromatic ring is 1. The molecule has 6 nitrogen and oxygen atoms in total. The largest absolute Gasteiger partial charge is 0.480 e. The molecule has 0 fully saturated rings. The van der Waals surface area contributed by atoms with Crippen LogP contribution in [0.1, 0.15) is 37.0 Å². The Kier molecular flexibility index (Phi) is 5.83. The van der Waals surface area contributed by atoms with Gasteiger partial charge in [0.25, 0.3) is 11.8 Å². The topological polar surface area (TPSA) is 107 Å². The molecule has 1 unspecified atom stereocenters. The third kappa shape index (κ3) is 4.46. The molecule has 1 aromatic rings. The number of amides is 2. The Balaban J connectivity index is 2.74. The number of unbranched alkanes of at least 4 members (excludes halogenated alkanes) is 1. The first kappa shape index (κ1) is 15.8. The third-order valence-electron chi connectivity index (χ3n) is 2.77. The van der Waals surface area contributed by atoms with E-state index in [1.165, 1.54) is 12.1 Å². The maximum absolute atomic E-state index is 11.8. The van der Waals surface area contributed by atoms with Crippen LogP contribution in [0.15, 0.2) is 18.2 Å². The molecule has 6 heteroatoms. The Morgan fingerprint density at radius 1 is 1.40 bits per heavy atom. The second-order valence-electron chi connectivity index (χ2n) is 4.52. The van der Waals surface area contributed by atoms with E-state index in [-0.39, 0.29) is 17.2 Å². The van der Waals surface area contributed by atoms with E-state index in [9.17, 15) is 9.59 Å². The van der Waals surface area contributed by atoms with Gasteiger partial charge >= 0.3 is 0 Å². The fourth-order valence-electron chi connectivity index (χ4n) is 1.62. The number of nitrogens with two attached hydrogens (primary N) is 2. The fourth-order valence-corrected chi connectivity index (χ4v) is 1.62. The third-order valence-corrected chi connectivity index (χ3v) is 2.77. The van der Waals surface area contributed by atoms with Crippen molar-refractivity contribution >= 4 is 17.5 Å². The van der Waals surface area contributed by atoms with Gasteiger partial charge in [-0.05, 0) is 25.5 Å². The summed E-state index contributed by atoms with van der Waals surface area (Å²) in [5.41, 5.74) is 11.5. The molecule has 0 saturated heterocycles. The van der Waals surface area contributed by atoms with Crippen molar-refractivity contribution in [1.29, 1.82) is 0 Å². The molecule has 110 valence electrons. The zero-order valence-electron chi connectivity index (χ0n) is 11.8. The van der Waals surface area contributed by atoms with E-state index >= 15 is 0 Å². The van der Waals surface area contributed by atoms with Gasteiger partial charge in [0.1, 0.15) is 5.75 Å². The zero-order valence-corrected chi connectivity index (χ0v) is 11.8. The van der Waals surface area contributed by atoms with Crippen LogP contribution in [-0.2, 0) is 4.79 Å². The van der Waals surface area contributed by atoms with Gasteiger partial charge in [-0.2, -0.15) is 0 Å². The van der Waals surface area contributed by atoms with E-state index in [2.05, 4.69) is 5.32 Å². The molecule has 0 aliphatic heterocycles. The molecule has 0 saturated carbocycles. The van der Waals surface area contributed by atoms with E-state index in [0.717, 1.165) is 12.8 Å². The normalized spacial score (nSPS) is 11.7. The summed E-state index contributed by atoms with van der Waals surface area (Å²) in [5.74, 6) is -0.648. The van der Waals surface area contributed by atoms with Gasteiger partial charge in [0, 0.05) is 18.3 Å². The lowest BCUT2D eigenvalue weighted by Gasteiger charge is -2.16. The minimum absolute atomic E-state index is 0.201. The highest BCUT2D eigenvalue weighted by Crippen LogP contribution is 2.22. The Hall–Kier alpha value is -2.24. The van der Waals surface area contributed by atoms with E-state index in [0.29, 0.717) is 12.2 Å². The summed E-state index contributed by atoms with van der Waals surface area (Å²) in [6, 6.07) is 4.52. The summed E-state index contributed by atoms with van der Waals surface area (Å²) in [4.78, 5) is 23.1. The molecule has 1 aromatic carbocycles. The van der Waals surface area contributed by atoms with E-state index in [4.69, 9.17) is 16.2 Å². The molecule has 0 radical (unpaired) electrons. The first-order chi connectivity index (χ1) is 9.45. The highest BCUT2D eigenvalue weighted by atomic mass is 16.5. The summed E-state index contributed by atoms with van der Waals surface area (Å²) in [6.45, 7) is 4.25. The molecule has 2 amide bonds. The van der Waals surface area contributed by atoms with Gasteiger partial charge < -0.3 is 21.5 Å². The van der Waals surface area contributed by atoms with Crippen LogP contribution in [0.25, 0.3) is 0 Å². The molecular formula is C14H21N3O3. The molecule has 0 bridgehead atoms. The molecule has 0 aliphatic carbocycles. The summed E-state index contributed by atoms with van der Waals surface area (Å²) in [7, 11) is 0. The number of hydrogen-bond acceptors (Lipinski definition) is 4. The van der Waals surface area contributed by atoms with Crippen LogP contribution in [0.4, 0.5) is 5.69 Å². The predicted molar refractivity (Wildman–Crippen MR) is 77.4 cm³/mol. The number of nitrogens with one attached hydrogen (secondary N) is 1. The molecule has 0 spiro atoms. The zero-order chi connectivity index (χ0) is 15.1. The van der Waals surface area contributed by atoms with Crippen molar-refractivity contribution in [1.82, 2.24) is 5.32 Å². The minimum Gasteiger partial charge on any atom is -0.480 e. The van der Waals surface area contributed by atoms with Crippen molar-refractivity contribution in [3.63, 3.8) is 0 Å². The van der Waals surface area contributed by atoms with Crippen LogP contribution in [0.3, 0.4) is 0 Å². The van der Waals surface area contributed by atoms with Crippen LogP contribution < -0.4 is 21.5 Å². The van der Waals surface area contributed by atoms with E-state index in [1.807, 2.05) is 6.92 Å². The summed E-state index contributed by atoms with van der Waals surface area (Å²) < 4.78 is 5.49. The van der Waals surface area contributed by atoms with Crippen LogP contribution in [0.5, 0.6) is 5.75 Å². The molecule has 0 heterocycles. The molecule has 5 N–H and O–H groups in total. The van der Waals surface area contributed by atoms with Crippen molar-refractivity contribution < 1.29 is 14.3 Å².